The first-order valence-corrected chi connectivity index (χ1v) is 7.01. The molecule has 0 radical (unpaired) electrons. The Balaban J connectivity index is 2.56. The van der Waals surface area contributed by atoms with Gasteiger partial charge in [-0.1, -0.05) is 45.0 Å². The van der Waals surface area contributed by atoms with Crippen LogP contribution in [-0.4, -0.2) is 16.3 Å². The van der Waals surface area contributed by atoms with Gasteiger partial charge in [-0.3, -0.25) is 4.79 Å². The van der Waals surface area contributed by atoms with E-state index in [-0.39, 0.29) is 11.2 Å². The van der Waals surface area contributed by atoms with Gasteiger partial charge in [-0.2, -0.15) is 0 Å². The lowest BCUT2D eigenvalue weighted by Gasteiger charge is -2.15. The fourth-order valence-electron chi connectivity index (χ4n) is 1.61. The van der Waals surface area contributed by atoms with Crippen LogP contribution in [-0.2, 0) is 17.0 Å². The topological polar surface area (TPSA) is 37.3 Å². The number of rotatable bonds is 6. The summed E-state index contributed by atoms with van der Waals surface area (Å²) in [6.07, 6.45) is 1.04. The second-order valence-corrected chi connectivity index (χ2v) is 5.61. The third-order valence-electron chi connectivity index (χ3n) is 2.71. The summed E-state index contributed by atoms with van der Waals surface area (Å²) in [6, 6.07) is 8.40. The van der Waals surface area contributed by atoms with Gasteiger partial charge in [0.05, 0.1) is 0 Å². The molecule has 1 atom stereocenters. The van der Waals surface area contributed by atoms with Crippen molar-refractivity contribution in [3.05, 3.63) is 35.4 Å². The van der Waals surface area contributed by atoms with Gasteiger partial charge in [0.25, 0.3) is 0 Å². The van der Waals surface area contributed by atoms with E-state index in [1.54, 1.807) is 0 Å². The van der Waals surface area contributed by atoms with Crippen LogP contribution < -0.4 is 0 Å². The van der Waals surface area contributed by atoms with Gasteiger partial charge in [0, 0.05) is 5.75 Å². The molecule has 94 valence electrons. The van der Waals surface area contributed by atoms with Crippen LogP contribution in [0.5, 0.6) is 0 Å². The summed E-state index contributed by atoms with van der Waals surface area (Å²) < 4.78 is 0. The molecule has 1 rings (SSSR count). The zero-order chi connectivity index (χ0) is 12.8. The smallest absolute Gasteiger partial charge is 0.316 e. The van der Waals surface area contributed by atoms with Gasteiger partial charge in [-0.05, 0) is 23.5 Å². The Hall–Kier alpha value is -0.960. The van der Waals surface area contributed by atoms with E-state index in [0.29, 0.717) is 0 Å². The van der Waals surface area contributed by atoms with Gasteiger partial charge in [0.15, 0.2) is 0 Å². The van der Waals surface area contributed by atoms with Crippen molar-refractivity contribution in [1.29, 1.82) is 0 Å². The standard InChI is InChI=1S/C14H20O2S/c1-4-11-5-7-12(8-6-11)9-17-13(10(2)3)14(15)16/h5-8,10,13H,4,9H2,1-3H3,(H,15,16). The minimum atomic E-state index is -0.713. The number of carboxylic acid groups (broad SMARTS) is 1. The molecule has 1 aromatic carbocycles. The van der Waals surface area contributed by atoms with Crippen molar-refractivity contribution in [3.8, 4) is 0 Å². The Kier molecular flexibility index (Phi) is 5.56. The maximum Gasteiger partial charge on any atom is 0.316 e. The van der Waals surface area contributed by atoms with Crippen LogP contribution in [0, 0.1) is 5.92 Å². The van der Waals surface area contributed by atoms with E-state index >= 15 is 0 Å². The van der Waals surface area contributed by atoms with Crippen molar-refractivity contribution in [2.75, 3.05) is 0 Å². The fourth-order valence-corrected chi connectivity index (χ4v) is 2.70. The van der Waals surface area contributed by atoms with Crippen LogP contribution in [0.25, 0.3) is 0 Å². The van der Waals surface area contributed by atoms with E-state index < -0.39 is 5.97 Å². The first-order chi connectivity index (χ1) is 8.04. The molecule has 2 nitrogen and oxygen atoms in total. The molecule has 0 aromatic heterocycles. The lowest BCUT2D eigenvalue weighted by molar-refractivity contribution is -0.137. The average Bonchev–Trinajstić information content (AvgIpc) is 2.29. The second kappa shape index (κ2) is 6.70. The molecule has 0 aliphatic carbocycles. The Morgan fingerprint density at radius 3 is 2.18 bits per heavy atom. The number of carbonyl (C=O) groups is 1. The number of benzene rings is 1. The Morgan fingerprint density at radius 2 is 1.76 bits per heavy atom. The van der Waals surface area contributed by atoms with Crippen molar-refractivity contribution in [3.63, 3.8) is 0 Å². The third-order valence-corrected chi connectivity index (χ3v) is 4.31. The monoisotopic (exact) mass is 252 g/mol. The van der Waals surface area contributed by atoms with Crippen molar-refractivity contribution in [2.24, 2.45) is 5.92 Å². The van der Waals surface area contributed by atoms with Crippen LogP contribution in [0.2, 0.25) is 0 Å². The number of hydrogen-bond donors (Lipinski definition) is 1. The molecule has 3 heteroatoms. The van der Waals surface area contributed by atoms with Crippen LogP contribution in [0.15, 0.2) is 24.3 Å². The molecule has 0 saturated carbocycles. The lowest BCUT2D eigenvalue weighted by Crippen LogP contribution is -2.22. The maximum absolute atomic E-state index is 11.0. The second-order valence-electron chi connectivity index (χ2n) is 4.48. The van der Waals surface area contributed by atoms with Crippen LogP contribution in [0.4, 0.5) is 0 Å². The first-order valence-electron chi connectivity index (χ1n) is 5.96. The third kappa shape index (κ3) is 4.43. The highest BCUT2D eigenvalue weighted by atomic mass is 32.2. The molecule has 0 fully saturated rings. The quantitative estimate of drug-likeness (QED) is 0.840. The van der Waals surface area contributed by atoms with E-state index in [4.69, 9.17) is 5.11 Å². The number of carboxylic acids is 1. The van der Waals surface area contributed by atoms with Gasteiger partial charge >= 0.3 is 5.97 Å². The molecule has 1 aromatic rings. The van der Waals surface area contributed by atoms with Gasteiger partial charge in [0.1, 0.15) is 5.25 Å². The molecule has 17 heavy (non-hydrogen) atoms. The molecule has 0 saturated heterocycles. The summed E-state index contributed by atoms with van der Waals surface area (Å²) in [5.74, 6) is 0.210. The van der Waals surface area contributed by atoms with Crippen LogP contribution >= 0.6 is 11.8 Å². The maximum atomic E-state index is 11.0. The number of aryl methyl sites for hydroxylation is 1. The fraction of sp³-hybridized carbons (Fsp3) is 0.500. The lowest BCUT2D eigenvalue weighted by atomic mass is 10.1. The number of thioether (sulfide) groups is 1. The summed E-state index contributed by atoms with van der Waals surface area (Å²) >= 11 is 1.50. The highest BCUT2D eigenvalue weighted by Gasteiger charge is 2.21. The summed E-state index contributed by atoms with van der Waals surface area (Å²) in [6.45, 7) is 6.03. The highest BCUT2D eigenvalue weighted by Crippen LogP contribution is 2.24. The summed E-state index contributed by atoms with van der Waals surface area (Å²) in [5, 5.41) is 8.76. The summed E-state index contributed by atoms with van der Waals surface area (Å²) in [4.78, 5) is 11.0. The number of hydrogen-bond acceptors (Lipinski definition) is 2. The summed E-state index contributed by atoms with van der Waals surface area (Å²) in [7, 11) is 0. The average molecular weight is 252 g/mol. The Bertz CT molecular complexity index is 357. The first kappa shape index (κ1) is 14.1. The molecule has 1 unspecified atom stereocenters. The molecule has 0 amide bonds. The van der Waals surface area contributed by atoms with Crippen LogP contribution in [0.3, 0.4) is 0 Å². The SMILES string of the molecule is CCc1ccc(CSC(C(=O)O)C(C)C)cc1. The van der Waals surface area contributed by atoms with Crippen molar-refractivity contribution < 1.29 is 9.90 Å². The minimum absolute atomic E-state index is 0.160. The van der Waals surface area contributed by atoms with Crippen molar-refractivity contribution >= 4 is 17.7 Å². The molecular formula is C14H20O2S. The van der Waals surface area contributed by atoms with Gasteiger partial charge < -0.3 is 5.11 Å². The Labute approximate surface area is 107 Å². The van der Waals surface area contributed by atoms with Crippen molar-refractivity contribution in [2.45, 2.75) is 38.2 Å². The molecule has 1 N–H and O–H groups in total. The highest BCUT2D eigenvalue weighted by molar-refractivity contribution is 7.99. The van der Waals surface area contributed by atoms with E-state index in [2.05, 4.69) is 31.2 Å². The van der Waals surface area contributed by atoms with Crippen LogP contribution in [0.1, 0.15) is 31.9 Å². The van der Waals surface area contributed by atoms with E-state index in [9.17, 15) is 4.79 Å². The summed E-state index contributed by atoms with van der Waals surface area (Å²) in [5.41, 5.74) is 2.51. The van der Waals surface area contributed by atoms with E-state index in [0.717, 1.165) is 12.2 Å². The molecule has 0 aliphatic heterocycles. The predicted octanol–water partition coefficient (Wildman–Crippen LogP) is 3.59. The van der Waals surface area contributed by atoms with E-state index in [1.165, 1.54) is 22.9 Å². The Morgan fingerprint density at radius 1 is 1.24 bits per heavy atom. The molecule has 0 aliphatic rings. The van der Waals surface area contributed by atoms with Gasteiger partial charge in [-0.15, -0.1) is 11.8 Å². The molecular weight excluding hydrogens is 232 g/mol. The zero-order valence-electron chi connectivity index (χ0n) is 10.6. The van der Waals surface area contributed by atoms with Gasteiger partial charge in [0.2, 0.25) is 0 Å². The van der Waals surface area contributed by atoms with Crippen molar-refractivity contribution in [1.82, 2.24) is 0 Å². The predicted molar refractivity (Wildman–Crippen MR) is 73.4 cm³/mol. The molecule has 0 bridgehead atoms. The zero-order valence-corrected chi connectivity index (χ0v) is 11.5. The van der Waals surface area contributed by atoms with Gasteiger partial charge in [-0.25, -0.2) is 0 Å². The number of aliphatic carboxylic acids is 1. The molecule has 0 heterocycles. The minimum Gasteiger partial charge on any atom is -0.480 e. The van der Waals surface area contributed by atoms with E-state index in [1.807, 2.05) is 13.8 Å². The largest absolute Gasteiger partial charge is 0.480 e. The normalized spacial score (nSPS) is 12.7. The molecule has 0 spiro atoms.